The first-order valence-corrected chi connectivity index (χ1v) is 9.87. The van der Waals surface area contributed by atoms with Crippen LogP contribution in [0.4, 0.5) is 4.39 Å². The molecule has 0 bridgehead atoms. The van der Waals surface area contributed by atoms with Crippen LogP contribution in [0, 0.1) is 11.7 Å². The molecule has 0 spiro atoms. The number of H-pyrrole nitrogens is 1. The van der Waals surface area contributed by atoms with Gasteiger partial charge in [-0.3, -0.25) is 9.69 Å². The number of rotatable bonds is 4. The number of fused-ring (bicyclic) bond motifs is 1. The normalized spacial score (nSPS) is 18.1. The molecule has 1 saturated heterocycles. The monoisotopic (exact) mass is 379 g/mol. The molecule has 28 heavy (non-hydrogen) atoms. The molecule has 1 aromatic heterocycles. The lowest BCUT2D eigenvalue weighted by atomic mass is 9.97. The van der Waals surface area contributed by atoms with Gasteiger partial charge in [-0.1, -0.05) is 38.1 Å². The molecule has 3 aromatic rings. The van der Waals surface area contributed by atoms with Crippen LogP contribution in [0.15, 0.2) is 54.7 Å². The van der Waals surface area contributed by atoms with Gasteiger partial charge in [0.15, 0.2) is 0 Å². The number of hydrogen-bond donors (Lipinski definition) is 1. The van der Waals surface area contributed by atoms with E-state index >= 15 is 0 Å². The maximum Gasteiger partial charge on any atom is 0.254 e. The van der Waals surface area contributed by atoms with Crippen LogP contribution in [-0.4, -0.2) is 46.4 Å². The van der Waals surface area contributed by atoms with Gasteiger partial charge in [0.05, 0.1) is 0 Å². The summed E-state index contributed by atoms with van der Waals surface area (Å²) in [6, 6.07) is 14.9. The lowest BCUT2D eigenvalue weighted by Crippen LogP contribution is -2.56. The number of aromatic amines is 1. The lowest BCUT2D eigenvalue weighted by Gasteiger charge is -2.43. The number of nitrogens with one attached hydrogen (secondary N) is 1. The van der Waals surface area contributed by atoms with Crippen LogP contribution in [0.5, 0.6) is 0 Å². The third-order valence-corrected chi connectivity index (χ3v) is 5.69. The van der Waals surface area contributed by atoms with Crippen molar-refractivity contribution in [1.29, 1.82) is 0 Å². The molecule has 1 amide bonds. The molecule has 1 fully saturated rings. The van der Waals surface area contributed by atoms with Crippen molar-refractivity contribution in [3.05, 3.63) is 71.7 Å². The van der Waals surface area contributed by atoms with E-state index in [4.69, 9.17) is 0 Å². The first-order chi connectivity index (χ1) is 13.5. The lowest BCUT2D eigenvalue weighted by molar-refractivity contribution is 0.0326. The Labute approximate surface area is 165 Å². The molecule has 1 N–H and O–H groups in total. The summed E-state index contributed by atoms with van der Waals surface area (Å²) in [6.07, 6.45) is 1.89. The zero-order valence-electron chi connectivity index (χ0n) is 16.4. The number of nitrogens with zero attached hydrogens (tertiary/aromatic N) is 2. The summed E-state index contributed by atoms with van der Waals surface area (Å²) in [6.45, 7) is 7.01. The molecule has 0 aliphatic carbocycles. The van der Waals surface area contributed by atoms with Crippen LogP contribution in [0.1, 0.15) is 29.8 Å². The number of hydrogen-bond acceptors (Lipinski definition) is 2. The Hall–Kier alpha value is -2.66. The average Bonchev–Trinajstić information content (AvgIpc) is 3.17. The van der Waals surface area contributed by atoms with E-state index in [9.17, 15) is 9.18 Å². The van der Waals surface area contributed by atoms with Crippen LogP contribution in [-0.2, 0) is 6.54 Å². The van der Waals surface area contributed by atoms with Gasteiger partial charge in [0.1, 0.15) is 5.82 Å². The summed E-state index contributed by atoms with van der Waals surface area (Å²) in [5.74, 6) is 0.226. The number of carbonyl (C=O) groups excluding carboxylic acids is 1. The first kappa shape index (κ1) is 18.7. The van der Waals surface area contributed by atoms with E-state index in [-0.39, 0.29) is 17.8 Å². The maximum absolute atomic E-state index is 14.0. The molecule has 5 heteroatoms. The average molecular weight is 379 g/mol. The van der Waals surface area contributed by atoms with Gasteiger partial charge in [-0.2, -0.15) is 0 Å². The minimum atomic E-state index is -0.165. The number of carbonyl (C=O) groups is 1. The second-order valence-electron chi connectivity index (χ2n) is 7.92. The van der Waals surface area contributed by atoms with E-state index in [0.29, 0.717) is 30.1 Å². The summed E-state index contributed by atoms with van der Waals surface area (Å²) in [7, 11) is 0. The molecule has 1 atom stereocenters. The molecule has 4 nitrogen and oxygen atoms in total. The van der Waals surface area contributed by atoms with Crippen molar-refractivity contribution in [2.75, 3.05) is 19.6 Å². The summed E-state index contributed by atoms with van der Waals surface area (Å²) in [4.78, 5) is 20.7. The van der Waals surface area contributed by atoms with E-state index in [0.717, 1.165) is 24.0 Å². The van der Waals surface area contributed by atoms with Crippen LogP contribution in [0.2, 0.25) is 0 Å². The minimum Gasteiger partial charge on any atom is -0.361 e. The van der Waals surface area contributed by atoms with Gasteiger partial charge < -0.3 is 9.88 Å². The highest BCUT2D eigenvalue weighted by Crippen LogP contribution is 2.23. The van der Waals surface area contributed by atoms with Gasteiger partial charge in [-0.15, -0.1) is 0 Å². The van der Waals surface area contributed by atoms with E-state index < -0.39 is 0 Å². The molecule has 2 heterocycles. The SMILES string of the molecule is CC(C)C1CN(Cc2ccccc2F)CCN1C(=O)c1ccc2cc[nH]c2c1. The topological polar surface area (TPSA) is 39.3 Å². The molecular formula is C23H26FN3O. The molecule has 0 radical (unpaired) electrons. The predicted molar refractivity (Wildman–Crippen MR) is 110 cm³/mol. The van der Waals surface area contributed by atoms with E-state index in [1.54, 1.807) is 6.07 Å². The third kappa shape index (κ3) is 3.67. The third-order valence-electron chi connectivity index (χ3n) is 5.69. The fraction of sp³-hybridized carbons (Fsp3) is 0.348. The van der Waals surface area contributed by atoms with Gasteiger partial charge in [0, 0.05) is 55.1 Å². The second kappa shape index (κ2) is 7.76. The number of benzene rings is 2. The Morgan fingerprint density at radius 2 is 2.00 bits per heavy atom. The maximum atomic E-state index is 14.0. The molecule has 2 aromatic carbocycles. The number of piperazine rings is 1. The molecule has 4 rings (SSSR count). The predicted octanol–water partition coefficient (Wildman–Crippen LogP) is 4.29. The standard InChI is InChI=1S/C23H26FN3O/c1-16(2)22-15-26(14-19-5-3-4-6-20(19)24)11-12-27(22)23(28)18-8-7-17-9-10-25-21(17)13-18/h3-10,13,16,22,25H,11-12,14-15H2,1-2H3. The molecular weight excluding hydrogens is 353 g/mol. The van der Waals surface area contributed by atoms with Gasteiger partial charge >= 0.3 is 0 Å². The second-order valence-corrected chi connectivity index (χ2v) is 7.92. The van der Waals surface area contributed by atoms with Crippen LogP contribution < -0.4 is 0 Å². The van der Waals surface area contributed by atoms with E-state index in [2.05, 4.69) is 23.7 Å². The van der Waals surface area contributed by atoms with Crippen molar-refractivity contribution >= 4 is 16.8 Å². The minimum absolute atomic E-state index is 0.0701. The van der Waals surface area contributed by atoms with Crippen molar-refractivity contribution < 1.29 is 9.18 Å². The van der Waals surface area contributed by atoms with Crippen molar-refractivity contribution in [2.24, 2.45) is 5.92 Å². The summed E-state index contributed by atoms with van der Waals surface area (Å²) in [5.41, 5.74) is 2.40. The molecule has 1 aliphatic heterocycles. The zero-order chi connectivity index (χ0) is 19.7. The van der Waals surface area contributed by atoms with Crippen molar-refractivity contribution in [2.45, 2.75) is 26.4 Å². The van der Waals surface area contributed by atoms with Gasteiger partial charge in [0.2, 0.25) is 0 Å². The fourth-order valence-electron chi connectivity index (χ4n) is 4.05. The Bertz CT molecular complexity index is 981. The van der Waals surface area contributed by atoms with Crippen molar-refractivity contribution in [3.8, 4) is 0 Å². The smallest absolute Gasteiger partial charge is 0.254 e. The number of aromatic nitrogens is 1. The highest BCUT2D eigenvalue weighted by atomic mass is 19.1. The quantitative estimate of drug-likeness (QED) is 0.735. The van der Waals surface area contributed by atoms with Gasteiger partial charge in [-0.25, -0.2) is 4.39 Å². The fourth-order valence-corrected chi connectivity index (χ4v) is 4.05. The molecule has 1 unspecified atom stereocenters. The Morgan fingerprint density at radius 3 is 2.79 bits per heavy atom. The van der Waals surface area contributed by atoms with Gasteiger partial charge in [-0.05, 0) is 35.6 Å². The van der Waals surface area contributed by atoms with Crippen LogP contribution in [0.25, 0.3) is 10.9 Å². The largest absolute Gasteiger partial charge is 0.361 e. The summed E-state index contributed by atoms with van der Waals surface area (Å²) >= 11 is 0. The highest BCUT2D eigenvalue weighted by molar-refractivity contribution is 5.98. The highest BCUT2D eigenvalue weighted by Gasteiger charge is 2.33. The van der Waals surface area contributed by atoms with Crippen LogP contribution in [0.3, 0.4) is 0 Å². The Kier molecular flexibility index (Phi) is 5.18. The van der Waals surface area contributed by atoms with Crippen molar-refractivity contribution in [1.82, 2.24) is 14.8 Å². The van der Waals surface area contributed by atoms with E-state index in [1.165, 1.54) is 6.07 Å². The van der Waals surface area contributed by atoms with E-state index in [1.807, 2.05) is 47.5 Å². The first-order valence-electron chi connectivity index (χ1n) is 9.87. The Morgan fingerprint density at radius 1 is 1.18 bits per heavy atom. The van der Waals surface area contributed by atoms with Crippen molar-refractivity contribution in [3.63, 3.8) is 0 Å². The molecule has 0 saturated carbocycles. The number of halogens is 1. The van der Waals surface area contributed by atoms with Crippen LogP contribution >= 0.6 is 0 Å². The summed E-state index contributed by atoms with van der Waals surface area (Å²) < 4.78 is 14.0. The Balaban J connectivity index is 1.51. The molecule has 146 valence electrons. The van der Waals surface area contributed by atoms with Gasteiger partial charge in [0.25, 0.3) is 5.91 Å². The summed E-state index contributed by atoms with van der Waals surface area (Å²) in [5, 5.41) is 1.10. The molecule has 1 aliphatic rings. The number of amides is 1. The zero-order valence-corrected chi connectivity index (χ0v) is 16.4.